The zero-order valence-electron chi connectivity index (χ0n) is 13.8. The summed E-state index contributed by atoms with van der Waals surface area (Å²) >= 11 is -2.41. The lowest BCUT2D eigenvalue weighted by Gasteiger charge is -2.15. The van der Waals surface area contributed by atoms with Crippen molar-refractivity contribution in [3.05, 3.63) is 90.0 Å². The maximum atomic E-state index is 11.4. The van der Waals surface area contributed by atoms with E-state index in [0.29, 0.717) is 5.69 Å². The lowest BCUT2D eigenvalue weighted by Crippen LogP contribution is -2.19. The molecule has 0 saturated heterocycles. The van der Waals surface area contributed by atoms with Crippen molar-refractivity contribution in [2.24, 2.45) is 0 Å². The first kappa shape index (κ1) is 17.6. The Balaban J connectivity index is 1.89. The van der Waals surface area contributed by atoms with Crippen LogP contribution in [0.15, 0.2) is 78.9 Å². The Morgan fingerprint density at radius 2 is 1.42 bits per heavy atom. The minimum absolute atomic E-state index is 0.392. The van der Waals surface area contributed by atoms with Gasteiger partial charge in [0, 0.05) is 5.56 Å². The van der Waals surface area contributed by atoms with E-state index < -0.39 is 11.3 Å². The number of rotatable bonds is 5. The Labute approximate surface area is 155 Å². The van der Waals surface area contributed by atoms with Gasteiger partial charge in [-0.15, -0.1) is 0 Å². The summed E-state index contributed by atoms with van der Waals surface area (Å²) in [7, 11) is 0. The van der Waals surface area contributed by atoms with Crippen LogP contribution in [-0.2, 0) is 11.3 Å². The summed E-state index contributed by atoms with van der Waals surface area (Å²) in [5.41, 5.74) is 4.14. The first-order chi connectivity index (χ1) is 12.7. The van der Waals surface area contributed by atoms with Crippen molar-refractivity contribution in [1.29, 1.82) is 5.26 Å². The number of hydrogen-bond donors (Lipinski definition) is 1. The van der Waals surface area contributed by atoms with Gasteiger partial charge in [0.15, 0.2) is 6.19 Å². The van der Waals surface area contributed by atoms with Gasteiger partial charge in [-0.3, -0.25) is 4.55 Å². The highest BCUT2D eigenvalue weighted by Crippen LogP contribution is 2.31. The molecule has 0 bridgehead atoms. The average Bonchev–Trinajstić information content (AvgIpc) is 2.68. The number of hydrogen-bond acceptors (Lipinski definition) is 2. The molecule has 0 spiro atoms. The van der Waals surface area contributed by atoms with Crippen molar-refractivity contribution in [2.45, 2.75) is 0 Å². The third-order valence-corrected chi connectivity index (χ3v) is 4.45. The molecule has 1 unspecified atom stereocenters. The molecule has 1 N–H and O–H groups in total. The molecule has 26 heavy (non-hydrogen) atoms. The Kier molecular flexibility index (Phi) is 5.59. The Bertz CT molecular complexity index is 977. The Morgan fingerprint density at radius 1 is 0.846 bits per heavy atom. The van der Waals surface area contributed by atoms with E-state index in [9.17, 15) is 8.76 Å². The van der Waals surface area contributed by atoms with Crippen LogP contribution < -0.4 is 4.31 Å². The minimum Gasteiger partial charge on any atom is -0.288 e. The van der Waals surface area contributed by atoms with E-state index >= 15 is 0 Å². The SMILES string of the molecule is N#CN(c1ccccc1-c1ccc(C=Cc2ccccc2)cc1)S(=O)O. The average molecular weight is 360 g/mol. The second-order valence-electron chi connectivity index (χ2n) is 5.51. The number of nitriles is 1. The predicted molar refractivity (Wildman–Crippen MR) is 106 cm³/mol. The lowest BCUT2D eigenvalue weighted by atomic mass is 10.0. The van der Waals surface area contributed by atoms with Gasteiger partial charge in [-0.1, -0.05) is 84.9 Å². The molecule has 0 aliphatic heterocycles. The van der Waals surface area contributed by atoms with Gasteiger partial charge in [0.05, 0.1) is 5.69 Å². The molecule has 0 heterocycles. The predicted octanol–water partition coefficient (Wildman–Crippen LogP) is 4.95. The number of para-hydroxylation sites is 1. The maximum Gasteiger partial charge on any atom is 0.275 e. The second-order valence-corrected chi connectivity index (χ2v) is 6.33. The normalized spacial score (nSPS) is 11.8. The number of benzene rings is 3. The van der Waals surface area contributed by atoms with Crippen molar-refractivity contribution >= 4 is 29.1 Å². The number of anilines is 1. The highest BCUT2D eigenvalue weighted by molar-refractivity contribution is 7.81. The van der Waals surface area contributed by atoms with Gasteiger partial charge in [-0.2, -0.15) is 9.57 Å². The van der Waals surface area contributed by atoms with Crippen LogP contribution in [-0.4, -0.2) is 8.76 Å². The van der Waals surface area contributed by atoms with E-state index in [1.807, 2.05) is 78.9 Å². The second kappa shape index (κ2) is 8.26. The van der Waals surface area contributed by atoms with E-state index in [0.717, 1.165) is 26.6 Å². The first-order valence-corrected chi connectivity index (χ1v) is 8.99. The van der Waals surface area contributed by atoms with Gasteiger partial charge < -0.3 is 0 Å². The molecule has 1 atom stereocenters. The molecule has 0 aliphatic carbocycles. The zero-order valence-corrected chi connectivity index (χ0v) is 14.6. The van der Waals surface area contributed by atoms with E-state index in [4.69, 9.17) is 5.26 Å². The molecule has 0 aliphatic rings. The van der Waals surface area contributed by atoms with Gasteiger partial charge in [-0.25, -0.2) is 4.21 Å². The van der Waals surface area contributed by atoms with Crippen LogP contribution in [0.1, 0.15) is 11.1 Å². The highest BCUT2D eigenvalue weighted by atomic mass is 32.2. The van der Waals surface area contributed by atoms with Crippen molar-refractivity contribution < 1.29 is 8.76 Å². The summed E-state index contributed by atoms with van der Waals surface area (Å²) in [4.78, 5) is 0. The summed E-state index contributed by atoms with van der Waals surface area (Å²) < 4.78 is 21.5. The standard InChI is InChI=1S/C21H16N2O2S/c22-16-23(26(24)25)21-9-5-4-8-20(21)19-14-12-18(13-15-19)11-10-17-6-2-1-3-7-17/h1-15H,(H,24,25). The molecule has 0 radical (unpaired) electrons. The van der Waals surface area contributed by atoms with Crippen molar-refractivity contribution in [2.75, 3.05) is 4.31 Å². The third kappa shape index (κ3) is 4.06. The van der Waals surface area contributed by atoms with Crippen molar-refractivity contribution in [3.8, 4) is 17.3 Å². The van der Waals surface area contributed by atoms with Crippen molar-refractivity contribution in [3.63, 3.8) is 0 Å². The van der Waals surface area contributed by atoms with Crippen LogP contribution in [0.3, 0.4) is 0 Å². The monoisotopic (exact) mass is 360 g/mol. The molecule has 128 valence electrons. The molecule has 0 saturated carbocycles. The van der Waals surface area contributed by atoms with Crippen molar-refractivity contribution in [1.82, 2.24) is 0 Å². The molecule has 5 heteroatoms. The van der Waals surface area contributed by atoms with Crippen LogP contribution >= 0.6 is 0 Å². The largest absolute Gasteiger partial charge is 0.288 e. The summed E-state index contributed by atoms with van der Waals surface area (Å²) in [6, 6.07) is 24.9. The Hall–Kier alpha value is -3.20. The first-order valence-electron chi connectivity index (χ1n) is 7.92. The van der Waals surface area contributed by atoms with Crippen LogP contribution in [0.25, 0.3) is 23.3 Å². The number of nitrogens with zero attached hydrogens (tertiary/aromatic N) is 2. The topological polar surface area (TPSA) is 64.3 Å². The molecule has 3 aromatic carbocycles. The van der Waals surface area contributed by atoms with Gasteiger partial charge in [-0.05, 0) is 22.8 Å². The maximum absolute atomic E-state index is 11.4. The van der Waals surface area contributed by atoms with Gasteiger partial charge in [0.2, 0.25) is 0 Å². The van der Waals surface area contributed by atoms with E-state index in [-0.39, 0.29) is 0 Å². The fraction of sp³-hybridized carbons (Fsp3) is 0. The molecule has 3 rings (SSSR count). The van der Waals surface area contributed by atoms with Crippen LogP contribution in [0.2, 0.25) is 0 Å². The fourth-order valence-electron chi connectivity index (χ4n) is 2.60. The molecule has 0 aromatic heterocycles. The summed E-state index contributed by atoms with van der Waals surface area (Å²) in [6.07, 6.45) is 5.81. The molecule has 0 fully saturated rings. The van der Waals surface area contributed by atoms with E-state index in [2.05, 4.69) is 0 Å². The van der Waals surface area contributed by atoms with Gasteiger partial charge in [0.25, 0.3) is 11.3 Å². The van der Waals surface area contributed by atoms with E-state index in [1.54, 1.807) is 18.3 Å². The molecule has 4 nitrogen and oxygen atoms in total. The lowest BCUT2D eigenvalue weighted by molar-refractivity contribution is 0.564. The minimum atomic E-state index is -2.41. The highest BCUT2D eigenvalue weighted by Gasteiger charge is 2.16. The summed E-state index contributed by atoms with van der Waals surface area (Å²) in [5.74, 6) is 0. The molecule has 0 amide bonds. The van der Waals surface area contributed by atoms with Gasteiger partial charge in [0.1, 0.15) is 0 Å². The smallest absolute Gasteiger partial charge is 0.275 e. The van der Waals surface area contributed by atoms with Crippen LogP contribution in [0.4, 0.5) is 5.69 Å². The van der Waals surface area contributed by atoms with Gasteiger partial charge >= 0.3 is 0 Å². The quantitative estimate of drug-likeness (QED) is 0.303. The van der Waals surface area contributed by atoms with Crippen LogP contribution in [0, 0.1) is 11.5 Å². The zero-order chi connectivity index (χ0) is 18.4. The fourth-order valence-corrected chi connectivity index (χ4v) is 3.00. The summed E-state index contributed by atoms with van der Waals surface area (Å²) in [6.45, 7) is 0. The Morgan fingerprint density at radius 3 is 2.04 bits per heavy atom. The third-order valence-electron chi connectivity index (χ3n) is 3.86. The van der Waals surface area contributed by atoms with Crippen LogP contribution in [0.5, 0.6) is 0 Å². The molecular formula is C21H16N2O2S. The molecular weight excluding hydrogens is 344 g/mol. The van der Waals surface area contributed by atoms with E-state index in [1.165, 1.54) is 0 Å². The molecule has 3 aromatic rings. The summed E-state index contributed by atoms with van der Waals surface area (Å²) in [5, 5.41) is 9.16.